The molecule has 3 N–H and O–H groups in total. The highest BCUT2D eigenvalue weighted by Crippen LogP contribution is 2.21. The van der Waals surface area contributed by atoms with Crippen LogP contribution in [0.4, 0.5) is 0 Å². The van der Waals surface area contributed by atoms with Crippen LogP contribution < -0.4 is 11.3 Å². The average Bonchev–Trinajstić information content (AvgIpc) is 1.98. The predicted octanol–water partition coefficient (Wildman–Crippen LogP) is 1.81. The Bertz CT molecular complexity index is 104. The third-order valence-corrected chi connectivity index (χ3v) is 2.83. The van der Waals surface area contributed by atoms with Crippen molar-refractivity contribution in [1.29, 1.82) is 0 Å². The molecule has 0 aliphatic heterocycles. The van der Waals surface area contributed by atoms with Crippen LogP contribution in [0.15, 0.2) is 0 Å². The summed E-state index contributed by atoms with van der Waals surface area (Å²) in [4.78, 5) is 0. The first-order valence-corrected chi connectivity index (χ1v) is 4.80. The fourth-order valence-corrected chi connectivity index (χ4v) is 1.92. The molecule has 0 heterocycles. The molecule has 0 aromatic carbocycles. The van der Waals surface area contributed by atoms with E-state index in [0.29, 0.717) is 6.04 Å². The summed E-state index contributed by atoms with van der Waals surface area (Å²) in [6.45, 7) is 2.30. The maximum Gasteiger partial charge on any atom is 0.0236 e. The van der Waals surface area contributed by atoms with Gasteiger partial charge in [-0.1, -0.05) is 32.6 Å². The highest BCUT2D eigenvalue weighted by atomic mass is 15.2. The summed E-state index contributed by atoms with van der Waals surface area (Å²) in [6, 6.07) is 0.565. The summed E-state index contributed by atoms with van der Waals surface area (Å²) in [5.41, 5.74) is 2.92. The van der Waals surface area contributed by atoms with Crippen LogP contribution in [0.25, 0.3) is 0 Å². The van der Waals surface area contributed by atoms with Crippen molar-refractivity contribution in [2.24, 2.45) is 11.8 Å². The second kappa shape index (κ2) is 4.73. The first-order chi connectivity index (χ1) is 5.34. The topological polar surface area (TPSA) is 38.0 Å². The van der Waals surface area contributed by atoms with Gasteiger partial charge >= 0.3 is 0 Å². The van der Waals surface area contributed by atoms with E-state index in [0.717, 1.165) is 5.92 Å². The minimum Gasteiger partial charge on any atom is -0.271 e. The molecule has 2 heteroatoms. The van der Waals surface area contributed by atoms with Crippen LogP contribution in [0.1, 0.15) is 45.4 Å². The SMILES string of the molecule is CC1CCCCCCC1NN. The van der Waals surface area contributed by atoms with Gasteiger partial charge in [0.1, 0.15) is 0 Å². The van der Waals surface area contributed by atoms with Crippen LogP contribution in [0, 0.1) is 5.92 Å². The lowest BCUT2D eigenvalue weighted by Gasteiger charge is -2.25. The van der Waals surface area contributed by atoms with Gasteiger partial charge in [0, 0.05) is 6.04 Å². The van der Waals surface area contributed by atoms with Gasteiger partial charge in [0.15, 0.2) is 0 Å². The van der Waals surface area contributed by atoms with Gasteiger partial charge in [-0.05, 0) is 18.8 Å². The van der Waals surface area contributed by atoms with Gasteiger partial charge in [-0.15, -0.1) is 0 Å². The summed E-state index contributed by atoms with van der Waals surface area (Å²) in [6.07, 6.45) is 8.15. The third kappa shape index (κ3) is 2.80. The molecule has 0 spiro atoms. The molecule has 0 aromatic heterocycles. The van der Waals surface area contributed by atoms with Crippen molar-refractivity contribution < 1.29 is 0 Å². The summed E-state index contributed by atoms with van der Waals surface area (Å²) in [5.74, 6) is 6.23. The molecular weight excluding hydrogens is 136 g/mol. The summed E-state index contributed by atoms with van der Waals surface area (Å²) in [5, 5.41) is 0. The molecule has 2 atom stereocenters. The highest BCUT2D eigenvalue weighted by molar-refractivity contribution is 4.73. The van der Waals surface area contributed by atoms with E-state index in [1.54, 1.807) is 0 Å². The zero-order chi connectivity index (χ0) is 8.10. The number of hydrazine groups is 1. The zero-order valence-electron chi connectivity index (χ0n) is 7.47. The number of hydrogen-bond acceptors (Lipinski definition) is 2. The van der Waals surface area contributed by atoms with Crippen molar-refractivity contribution in [3.05, 3.63) is 0 Å². The van der Waals surface area contributed by atoms with E-state index in [4.69, 9.17) is 5.84 Å². The van der Waals surface area contributed by atoms with Gasteiger partial charge in [0.05, 0.1) is 0 Å². The highest BCUT2D eigenvalue weighted by Gasteiger charge is 2.16. The van der Waals surface area contributed by atoms with Crippen molar-refractivity contribution in [3.8, 4) is 0 Å². The van der Waals surface area contributed by atoms with Gasteiger partial charge in [-0.2, -0.15) is 0 Å². The van der Waals surface area contributed by atoms with E-state index in [9.17, 15) is 0 Å². The van der Waals surface area contributed by atoms with Crippen LogP contribution in [0.3, 0.4) is 0 Å². The van der Waals surface area contributed by atoms with Gasteiger partial charge in [-0.25, -0.2) is 0 Å². The number of rotatable bonds is 1. The van der Waals surface area contributed by atoms with Crippen LogP contribution in [-0.2, 0) is 0 Å². The van der Waals surface area contributed by atoms with Gasteiger partial charge in [-0.3, -0.25) is 11.3 Å². The second-order valence-corrected chi connectivity index (χ2v) is 3.74. The van der Waals surface area contributed by atoms with Crippen LogP contribution >= 0.6 is 0 Å². The Balaban J connectivity index is 2.33. The molecule has 11 heavy (non-hydrogen) atoms. The van der Waals surface area contributed by atoms with Crippen molar-refractivity contribution in [3.63, 3.8) is 0 Å². The van der Waals surface area contributed by atoms with Crippen LogP contribution in [-0.4, -0.2) is 6.04 Å². The Morgan fingerprint density at radius 3 is 2.36 bits per heavy atom. The molecule has 1 aliphatic carbocycles. The fraction of sp³-hybridized carbons (Fsp3) is 1.00. The van der Waals surface area contributed by atoms with Crippen molar-refractivity contribution in [2.75, 3.05) is 0 Å². The molecule has 0 bridgehead atoms. The first kappa shape index (κ1) is 9.01. The predicted molar refractivity (Wildman–Crippen MR) is 48.0 cm³/mol. The third-order valence-electron chi connectivity index (χ3n) is 2.83. The van der Waals surface area contributed by atoms with E-state index in [2.05, 4.69) is 12.3 Å². The lowest BCUT2D eigenvalue weighted by atomic mass is 9.89. The maximum absolute atomic E-state index is 5.46. The van der Waals surface area contributed by atoms with Crippen molar-refractivity contribution in [1.82, 2.24) is 5.43 Å². The summed E-state index contributed by atoms with van der Waals surface area (Å²) in [7, 11) is 0. The monoisotopic (exact) mass is 156 g/mol. The average molecular weight is 156 g/mol. The lowest BCUT2D eigenvalue weighted by Crippen LogP contribution is -2.40. The van der Waals surface area contributed by atoms with Crippen LogP contribution in [0.5, 0.6) is 0 Å². The summed E-state index contributed by atoms with van der Waals surface area (Å²) >= 11 is 0. The fourth-order valence-electron chi connectivity index (χ4n) is 1.92. The van der Waals surface area contributed by atoms with Gasteiger partial charge < -0.3 is 0 Å². The lowest BCUT2D eigenvalue weighted by molar-refractivity contribution is 0.305. The molecule has 1 saturated carbocycles. The Labute approximate surface area is 69.5 Å². The molecule has 66 valence electrons. The van der Waals surface area contributed by atoms with E-state index in [1.165, 1.54) is 38.5 Å². The normalized spacial score (nSPS) is 34.4. The van der Waals surface area contributed by atoms with Crippen molar-refractivity contribution in [2.45, 2.75) is 51.5 Å². The molecule has 0 aromatic rings. The zero-order valence-corrected chi connectivity index (χ0v) is 7.47. The summed E-state index contributed by atoms with van der Waals surface area (Å²) < 4.78 is 0. The smallest absolute Gasteiger partial charge is 0.0236 e. The minimum absolute atomic E-state index is 0.565. The first-order valence-electron chi connectivity index (χ1n) is 4.80. The van der Waals surface area contributed by atoms with Crippen molar-refractivity contribution >= 4 is 0 Å². The standard InChI is InChI=1S/C9H20N2/c1-8-6-4-2-3-5-7-9(8)11-10/h8-9,11H,2-7,10H2,1H3. The molecular formula is C9H20N2. The van der Waals surface area contributed by atoms with Crippen LogP contribution in [0.2, 0.25) is 0 Å². The quantitative estimate of drug-likeness (QED) is 0.449. The maximum atomic E-state index is 5.46. The Morgan fingerprint density at radius 1 is 1.09 bits per heavy atom. The van der Waals surface area contributed by atoms with E-state index >= 15 is 0 Å². The Morgan fingerprint density at radius 2 is 1.73 bits per heavy atom. The van der Waals surface area contributed by atoms with E-state index in [-0.39, 0.29) is 0 Å². The molecule has 1 aliphatic rings. The van der Waals surface area contributed by atoms with Gasteiger partial charge in [0.25, 0.3) is 0 Å². The minimum atomic E-state index is 0.565. The number of nitrogens with two attached hydrogens (primary N) is 1. The molecule has 1 fully saturated rings. The number of nitrogens with one attached hydrogen (secondary N) is 1. The second-order valence-electron chi connectivity index (χ2n) is 3.74. The Kier molecular flexibility index (Phi) is 3.87. The van der Waals surface area contributed by atoms with Gasteiger partial charge in [0.2, 0.25) is 0 Å². The van der Waals surface area contributed by atoms with E-state index in [1.807, 2.05) is 0 Å². The molecule has 2 nitrogen and oxygen atoms in total. The molecule has 0 saturated heterocycles. The largest absolute Gasteiger partial charge is 0.271 e. The number of hydrogen-bond donors (Lipinski definition) is 2. The Hall–Kier alpha value is -0.0800. The van der Waals surface area contributed by atoms with E-state index < -0.39 is 0 Å². The molecule has 1 rings (SSSR count). The molecule has 2 unspecified atom stereocenters. The molecule has 0 amide bonds. The molecule has 0 radical (unpaired) electrons.